The van der Waals surface area contributed by atoms with Crippen molar-refractivity contribution in [3.63, 3.8) is 0 Å². The minimum atomic E-state index is 1.06. The lowest BCUT2D eigenvalue weighted by molar-refractivity contribution is 0.301. The maximum Gasteiger partial charge on any atom is 0.0107 e. The molecule has 0 spiro atoms. The molecule has 1 rings (SSSR count). The number of nitrogens with one attached hydrogen (secondary N) is 1. The third-order valence-corrected chi connectivity index (χ3v) is 3.94. The summed E-state index contributed by atoms with van der Waals surface area (Å²) < 4.78 is 0. The first-order valence-electron chi connectivity index (χ1n) is 7.29. The van der Waals surface area contributed by atoms with Crippen LogP contribution in [0.1, 0.15) is 52.4 Å². The van der Waals surface area contributed by atoms with Crippen LogP contribution in [0.25, 0.3) is 0 Å². The van der Waals surface area contributed by atoms with Crippen molar-refractivity contribution in [3.05, 3.63) is 0 Å². The first-order valence-corrected chi connectivity index (χ1v) is 7.29. The van der Waals surface area contributed by atoms with Gasteiger partial charge in [-0.25, -0.2) is 0 Å². The van der Waals surface area contributed by atoms with Gasteiger partial charge in [0.1, 0.15) is 0 Å². The summed E-state index contributed by atoms with van der Waals surface area (Å²) in [5.74, 6) is 1.06. The van der Waals surface area contributed by atoms with Gasteiger partial charge in [0.2, 0.25) is 0 Å². The topological polar surface area (TPSA) is 15.3 Å². The van der Waals surface area contributed by atoms with Crippen molar-refractivity contribution in [2.24, 2.45) is 5.92 Å². The number of likely N-dealkylation sites (N-methyl/N-ethyl adjacent to an activating group) is 1. The quantitative estimate of drug-likeness (QED) is 0.608. The second kappa shape index (κ2) is 9.00. The van der Waals surface area contributed by atoms with Gasteiger partial charge < -0.3 is 10.2 Å². The van der Waals surface area contributed by atoms with Gasteiger partial charge in [0.15, 0.2) is 0 Å². The van der Waals surface area contributed by atoms with Crippen molar-refractivity contribution in [3.8, 4) is 0 Å². The SMILES string of the molecule is CCN(CC)CCNCCCC1CCCC1. The molecular weight excluding hydrogens is 196 g/mol. The monoisotopic (exact) mass is 226 g/mol. The van der Waals surface area contributed by atoms with E-state index in [1.807, 2.05) is 0 Å². The lowest BCUT2D eigenvalue weighted by Gasteiger charge is -2.18. The van der Waals surface area contributed by atoms with Crippen LogP contribution in [-0.4, -0.2) is 37.6 Å². The molecule has 0 radical (unpaired) electrons. The van der Waals surface area contributed by atoms with E-state index in [0.717, 1.165) is 12.5 Å². The molecule has 0 heterocycles. The molecule has 1 aliphatic carbocycles. The smallest absolute Gasteiger partial charge is 0.0107 e. The first-order chi connectivity index (χ1) is 7.86. The number of hydrogen-bond acceptors (Lipinski definition) is 2. The van der Waals surface area contributed by atoms with Crippen LogP contribution in [0.2, 0.25) is 0 Å². The summed E-state index contributed by atoms with van der Waals surface area (Å²) in [6, 6.07) is 0. The number of nitrogens with zero attached hydrogens (tertiary/aromatic N) is 1. The van der Waals surface area contributed by atoms with E-state index in [0.29, 0.717) is 0 Å². The second-order valence-electron chi connectivity index (χ2n) is 5.07. The van der Waals surface area contributed by atoms with Gasteiger partial charge >= 0.3 is 0 Å². The molecule has 1 saturated carbocycles. The molecule has 0 atom stereocenters. The Morgan fingerprint density at radius 1 is 1.06 bits per heavy atom. The lowest BCUT2D eigenvalue weighted by Crippen LogP contribution is -2.32. The highest BCUT2D eigenvalue weighted by Crippen LogP contribution is 2.28. The summed E-state index contributed by atoms with van der Waals surface area (Å²) in [5.41, 5.74) is 0. The number of hydrogen-bond donors (Lipinski definition) is 1. The molecule has 0 unspecified atom stereocenters. The summed E-state index contributed by atoms with van der Waals surface area (Å²) in [5, 5.41) is 3.57. The minimum absolute atomic E-state index is 1.06. The fourth-order valence-electron chi connectivity index (χ4n) is 2.72. The third-order valence-electron chi connectivity index (χ3n) is 3.94. The average Bonchev–Trinajstić information content (AvgIpc) is 2.81. The van der Waals surface area contributed by atoms with Crippen molar-refractivity contribution in [2.75, 3.05) is 32.7 Å². The van der Waals surface area contributed by atoms with Crippen LogP contribution in [0, 0.1) is 5.92 Å². The Hall–Kier alpha value is -0.0800. The van der Waals surface area contributed by atoms with E-state index in [-0.39, 0.29) is 0 Å². The second-order valence-corrected chi connectivity index (χ2v) is 5.07. The van der Waals surface area contributed by atoms with Crippen molar-refractivity contribution >= 4 is 0 Å². The first kappa shape index (κ1) is 14.0. The normalized spacial score (nSPS) is 17.4. The van der Waals surface area contributed by atoms with Crippen LogP contribution in [0.3, 0.4) is 0 Å². The van der Waals surface area contributed by atoms with E-state index in [9.17, 15) is 0 Å². The van der Waals surface area contributed by atoms with Gasteiger partial charge in [0.05, 0.1) is 0 Å². The molecule has 2 nitrogen and oxygen atoms in total. The summed E-state index contributed by atoms with van der Waals surface area (Å²) in [7, 11) is 0. The zero-order valence-electron chi connectivity index (χ0n) is 11.3. The molecule has 0 saturated heterocycles. The Balaban J connectivity index is 1.84. The molecule has 2 heteroatoms. The number of rotatable bonds is 9. The van der Waals surface area contributed by atoms with Gasteiger partial charge in [-0.05, 0) is 38.4 Å². The zero-order chi connectivity index (χ0) is 11.6. The van der Waals surface area contributed by atoms with Crippen molar-refractivity contribution in [1.82, 2.24) is 10.2 Å². The van der Waals surface area contributed by atoms with E-state index in [2.05, 4.69) is 24.1 Å². The maximum absolute atomic E-state index is 3.57. The molecule has 96 valence electrons. The fraction of sp³-hybridized carbons (Fsp3) is 1.00. The van der Waals surface area contributed by atoms with E-state index in [4.69, 9.17) is 0 Å². The molecule has 0 aromatic carbocycles. The summed E-state index contributed by atoms with van der Waals surface area (Å²) in [4.78, 5) is 2.48. The van der Waals surface area contributed by atoms with Gasteiger partial charge in [0.25, 0.3) is 0 Å². The van der Waals surface area contributed by atoms with E-state index < -0.39 is 0 Å². The Morgan fingerprint density at radius 3 is 2.38 bits per heavy atom. The van der Waals surface area contributed by atoms with E-state index >= 15 is 0 Å². The van der Waals surface area contributed by atoms with Crippen LogP contribution in [0.4, 0.5) is 0 Å². The zero-order valence-corrected chi connectivity index (χ0v) is 11.3. The maximum atomic E-state index is 3.57. The van der Waals surface area contributed by atoms with Crippen LogP contribution >= 0.6 is 0 Å². The van der Waals surface area contributed by atoms with Crippen molar-refractivity contribution in [1.29, 1.82) is 0 Å². The lowest BCUT2D eigenvalue weighted by atomic mass is 10.0. The molecule has 0 bridgehead atoms. The Kier molecular flexibility index (Phi) is 7.87. The molecule has 0 amide bonds. The molecule has 0 aromatic rings. The minimum Gasteiger partial charge on any atom is -0.315 e. The highest BCUT2D eigenvalue weighted by molar-refractivity contribution is 4.67. The standard InChI is InChI=1S/C14H30N2/c1-3-16(4-2)13-12-15-11-7-10-14-8-5-6-9-14/h14-15H,3-13H2,1-2H3. The van der Waals surface area contributed by atoms with Gasteiger partial charge in [-0.2, -0.15) is 0 Å². The van der Waals surface area contributed by atoms with Crippen molar-refractivity contribution < 1.29 is 0 Å². The van der Waals surface area contributed by atoms with Crippen LogP contribution in [0.5, 0.6) is 0 Å². The summed E-state index contributed by atoms with van der Waals surface area (Å²) in [6.45, 7) is 10.4. The van der Waals surface area contributed by atoms with Gasteiger partial charge in [0, 0.05) is 13.1 Å². The van der Waals surface area contributed by atoms with Crippen LogP contribution in [0.15, 0.2) is 0 Å². The van der Waals surface area contributed by atoms with Gasteiger partial charge in [-0.1, -0.05) is 39.5 Å². The van der Waals surface area contributed by atoms with Gasteiger partial charge in [-0.3, -0.25) is 0 Å². The predicted octanol–water partition coefficient (Wildman–Crippen LogP) is 2.89. The Bertz CT molecular complexity index is 143. The molecule has 1 N–H and O–H groups in total. The predicted molar refractivity (Wildman–Crippen MR) is 71.8 cm³/mol. The largest absolute Gasteiger partial charge is 0.315 e. The van der Waals surface area contributed by atoms with Crippen molar-refractivity contribution in [2.45, 2.75) is 52.4 Å². The Morgan fingerprint density at radius 2 is 1.75 bits per heavy atom. The third kappa shape index (κ3) is 5.86. The fourth-order valence-corrected chi connectivity index (χ4v) is 2.72. The highest BCUT2D eigenvalue weighted by atomic mass is 15.1. The highest BCUT2D eigenvalue weighted by Gasteiger charge is 2.13. The Labute approximate surface area is 102 Å². The molecule has 16 heavy (non-hydrogen) atoms. The van der Waals surface area contributed by atoms with E-state index in [1.165, 1.54) is 64.7 Å². The molecular formula is C14H30N2. The molecule has 1 aliphatic rings. The molecule has 0 aromatic heterocycles. The van der Waals surface area contributed by atoms with Gasteiger partial charge in [-0.15, -0.1) is 0 Å². The summed E-state index contributed by atoms with van der Waals surface area (Å²) in [6.07, 6.45) is 8.81. The van der Waals surface area contributed by atoms with E-state index in [1.54, 1.807) is 0 Å². The molecule has 1 fully saturated rings. The summed E-state index contributed by atoms with van der Waals surface area (Å²) >= 11 is 0. The van der Waals surface area contributed by atoms with Crippen LogP contribution < -0.4 is 5.32 Å². The average molecular weight is 226 g/mol. The molecule has 0 aliphatic heterocycles. The van der Waals surface area contributed by atoms with Crippen LogP contribution in [-0.2, 0) is 0 Å².